The summed E-state index contributed by atoms with van der Waals surface area (Å²) < 4.78 is 1.85. The first-order chi connectivity index (χ1) is 19.5. The average molecular weight is 557 g/mol. The largest absolute Gasteiger partial charge is 0.508 e. The molecule has 2 heterocycles. The number of nitrogens with zero attached hydrogens (tertiary/aromatic N) is 3. The number of hydrogen-bond donors (Lipinski definition) is 5. The predicted octanol–water partition coefficient (Wildman–Crippen LogP) is 1.82. The van der Waals surface area contributed by atoms with E-state index in [1.54, 1.807) is 26.4 Å². The summed E-state index contributed by atoms with van der Waals surface area (Å²) in [6.45, 7) is 0. The molecule has 1 aromatic carbocycles. The molecule has 1 fully saturated rings. The number of rotatable bonds is 4. The van der Waals surface area contributed by atoms with Crippen molar-refractivity contribution in [1.82, 2.24) is 14.5 Å². The summed E-state index contributed by atoms with van der Waals surface area (Å²) in [5.74, 6) is -6.11. The molecule has 0 radical (unpaired) electrons. The summed E-state index contributed by atoms with van der Waals surface area (Å²) in [7, 11) is 3.13. The lowest BCUT2D eigenvalue weighted by Crippen LogP contribution is -2.65. The van der Waals surface area contributed by atoms with E-state index >= 15 is 0 Å². The van der Waals surface area contributed by atoms with Gasteiger partial charge in [-0.05, 0) is 74.3 Å². The van der Waals surface area contributed by atoms with E-state index in [1.165, 1.54) is 11.0 Å². The van der Waals surface area contributed by atoms with E-state index in [4.69, 9.17) is 5.73 Å². The fourth-order valence-electron chi connectivity index (χ4n) is 6.70. The smallest absolute Gasteiger partial charge is 0.255 e. The minimum Gasteiger partial charge on any atom is -0.508 e. The molecule has 210 valence electrons. The van der Waals surface area contributed by atoms with Crippen LogP contribution in [0, 0.1) is 11.8 Å². The molecule has 6 N–H and O–H groups in total. The van der Waals surface area contributed by atoms with E-state index in [9.17, 15) is 34.8 Å². The first-order valence-corrected chi connectivity index (χ1v) is 13.1. The second-order valence-electron chi connectivity index (χ2n) is 10.9. The SMILES string of the molecule is CN(C)[C@@H]1C(=O)C(C(N)=O)=C(O)[C@]2(O)C(=O)C3=C(O)c4c(O)ccc(-c5ccc(-n6cccc6)nc5)c4C[C@H]3C[C@@H]12. The van der Waals surface area contributed by atoms with E-state index in [-0.39, 0.29) is 29.7 Å². The summed E-state index contributed by atoms with van der Waals surface area (Å²) in [6, 6.07) is 9.45. The van der Waals surface area contributed by atoms with Crippen LogP contribution in [0.25, 0.3) is 22.7 Å². The number of aliphatic hydroxyl groups is 3. The Morgan fingerprint density at radius 1 is 1.10 bits per heavy atom. The third-order valence-electron chi connectivity index (χ3n) is 8.53. The first-order valence-electron chi connectivity index (χ1n) is 13.1. The fourth-order valence-corrected chi connectivity index (χ4v) is 6.70. The van der Waals surface area contributed by atoms with Gasteiger partial charge in [0.1, 0.15) is 28.7 Å². The number of aromatic hydroxyl groups is 1. The molecule has 11 nitrogen and oxygen atoms in total. The molecule has 0 aliphatic heterocycles. The Morgan fingerprint density at radius 3 is 2.41 bits per heavy atom. The van der Waals surface area contributed by atoms with E-state index < -0.39 is 58.0 Å². The number of aromatic nitrogens is 2. The monoisotopic (exact) mass is 556 g/mol. The number of phenolic OH excluding ortho intramolecular Hbond substituents is 1. The molecule has 4 atom stereocenters. The van der Waals surface area contributed by atoms with Gasteiger partial charge in [-0.25, -0.2) is 4.98 Å². The number of primary amides is 1. The van der Waals surface area contributed by atoms with Crippen LogP contribution in [0.1, 0.15) is 17.5 Å². The Labute approximate surface area is 234 Å². The number of amides is 1. The number of pyridine rings is 1. The Balaban J connectivity index is 1.50. The Kier molecular flexibility index (Phi) is 5.91. The maximum Gasteiger partial charge on any atom is 0.255 e. The molecule has 3 aromatic rings. The van der Waals surface area contributed by atoms with Crippen LogP contribution >= 0.6 is 0 Å². The van der Waals surface area contributed by atoms with Crippen molar-refractivity contribution in [2.45, 2.75) is 24.5 Å². The van der Waals surface area contributed by atoms with E-state index in [0.717, 1.165) is 5.56 Å². The highest BCUT2D eigenvalue weighted by Gasteiger charge is 2.64. The molecule has 0 saturated heterocycles. The van der Waals surface area contributed by atoms with Gasteiger partial charge in [0.15, 0.2) is 11.4 Å². The van der Waals surface area contributed by atoms with Gasteiger partial charge in [0.2, 0.25) is 5.78 Å². The Bertz CT molecular complexity index is 1690. The standard InChI is InChI=1S/C30H28N4O7/c1-33(2)24-18-12-15-11-17-16(14-5-8-20(32-13-14)34-9-3-4-10-34)6-7-19(35)22(17)25(36)21(15)27(38)30(18,41)28(39)23(26(24)37)29(31)40/h3-10,13,15,18,24,35-36,39,41H,11-12H2,1-2H3,(H2,31,40)/t15-,18-,24-,30+/m0/s1. The highest BCUT2D eigenvalue weighted by molar-refractivity contribution is 6.24. The molecule has 0 unspecified atom stereocenters. The lowest BCUT2D eigenvalue weighted by atomic mass is 9.57. The Hall–Kier alpha value is -4.74. The van der Waals surface area contributed by atoms with Crippen molar-refractivity contribution < 1.29 is 34.8 Å². The fraction of sp³-hybridized carbons (Fsp3) is 0.267. The lowest BCUT2D eigenvalue weighted by Gasteiger charge is -2.50. The quantitative estimate of drug-likeness (QED) is 0.300. The number of hydrogen-bond acceptors (Lipinski definition) is 9. The van der Waals surface area contributed by atoms with Crippen molar-refractivity contribution in [2.24, 2.45) is 17.6 Å². The zero-order chi connectivity index (χ0) is 29.4. The molecule has 41 heavy (non-hydrogen) atoms. The number of Topliss-reactive ketones (excluding diaryl/α,β-unsaturated/α-hetero) is 2. The van der Waals surface area contributed by atoms with Gasteiger partial charge in [-0.1, -0.05) is 6.07 Å². The van der Waals surface area contributed by atoms with Crippen LogP contribution in [0.4, 0.5) is 0 Å². The third kappa shape index (κ3) is 3.66. The number of carbonyl (C=O) groups is 3. The van der Waals surface area contributed by atoms with Gasteiger partial charge in [-0.2, -0.15) is 0 Å². The number of likely N-dealkylation sites (N-methyl/N-ethyl adjacent to an activating group) is 1. The highest BCUT2D eigenvalue weighted by Crippen LogP contribution is 2.53. The van der Waals surface area contributed by atoms with Crippen LogP contribution in [0.5, 0.6) is 5.75 Å². The lowest BCUT2D eigenvalue weighted by molar-refractivity contribution is -0.153. The van der Waals surface area contributed by atoms with Crippen molar-refractivity contribution >= 4 is 23.2 Å². The van der Waals surface area contributed by atoms with Gasteiger partial charge in [-0.3, -0.25) is 19.3 Å². The minimum atomic E-state index is -2.67. The van der Waals surface area contributed by atoms with E-state index in [1.807, 2.05) is 41.2 Å². The maximum absolute atomic E-state index is 14.0. The molecule has 1 saturated carbocycles. The van der Waals surface area contributed by atoms with Crippen molar-refractivity contribution in [3.8, 4) is 22.7 Å². The number of carbonyl (C=O) groups excluding carboxylic acids is 3. The van der Waals surface area contributed by atoms with Gasteiger partial charge in [-0.15, -0.1) is 0 Å². The molecule has 2 aromatic heterocycles. The minimum absolute atomic E-state index is 0.0195. The normalized spacial score (nSPS) is 25.7. The van der Waals surface area contributed by atoms with Crippen molar-refractivity contribution in [1.29, 1.82) is 0 Å². The number of nitrogens with two attached hydrogens (primary N) is 1. The number of benzene rings is 1. The molecule has 1 amide bonds. The van der Waals surface area contributed by atoms with Crippen LogP contribution in [-0.4, -0.2) is 78.1 Å². The molecule has 6 rings (SSSR count). The van der Waals surface area contributed by atoms with Gasteiger partial charge in [0.25, 0.3) is 5.91 Å². The second kappa shape index (κ2) is 9.15. The van der Waals surface area contributed by atoms with Crippen LogP contribution < -0.4 is 5.73 Å². The third-order valence-corrected chi connectivity index (χ3v) is 8.53. The maximum atomic E-state index is 14.0. The molecular formula is C30H28N4O7. The number of ketones is 2. The van der Waals surface area contributed by atoms with Crippen LogP contribution in [-0.2, 0) is 20.8 Å². The summed E-state index contributed by atoms with van der Waals surface area (Å²) in [4.78, 5) is 45.4. The van der Waals surface area contributed by atoms with Gasteiger partial charge in [0, 0.05) is 35.6 Å². The van der Waals surface area contributed by atoms with Crippen molar-refractivity contribution in [3.05, 3.63) is 83.0 Å². The predicted molar refractivity (Wildman–Crippen MR) is 147 cm³/mol. The zero-order valence-electron chi connectivity index (χ0n) is 22.3. The van der Waals surface area contributed by atoms with Gasteiger partial charge in [0.05, 0.1) is 11.6 Å². The first kappa shape index (κ1) is 26.5. The molecule has 11 heteroatoms. The summed E-state index contributed by atoms with van der Waals surface area (Å²) in [5.41, 5.74) is 3.68. The topological polar surface area (TPSA) is 179 Å². The summed E-state index contributed by atoms with van der Waals surface area (Å²) >= 11 is 0. The van der Waals surface area contributed by atoms with Gasteiger partial charge < -0.3 is 30.7 Å². The molecule has 0 bridgehead atoms. The second-order valence-corrected chi connectivity index (χ2v) is 10.9. The van der Waals surface area contributed by atoms with E-state index in [2.05, 4.69) is 4.98 Å². The van der Waals surface area contributed by atoms with Crippen LogP contribution in [0.3, 0.4) is 0 Å². The van der Waals surface area contributed by atoms with E-state index in [0.29, 0.717) is 16.9 Å². The average Bonchev–Trinajstić information content (AvgIpc) is 3.46. The summed E-state index contributed by atoms with van der Waals surface area (Å²) in [5, 5.41) is 44.9. The van der Waals surface area contributed by atoms with Crippen molar-refractivity contribution in [2.75, 3.05) is 14.1 Å². The number of phenols is 1. The number of aliphatic hydroxyl groups excluding tert-OH is 2. The highest BCUT2D eigenvalue weighted by atomic mass is 16.3. The molecule has 0 spiro atoms. The van der Waals surface area contributed by atoms with Crippen LogP contribution in [0.15, 0.2) is 71.9 Å². The molecule has 3 aliphatic carbocycles. The van der Waals surface area contributed by atoms with Crippen molar-refractivity contribution in [3.63, 3.8) is 0 Å². The molecular weight excluding hydrogens is 528 g/mol. The molecule has 3 aliphatic rings. The zero-order valence-corrected chi connectivity index (χ0v) is 22.3. The Morgan fingerprint density at radius 2 is 1.80 bits per heavy atom. The van der Waals surface area contributed by atoms with Gasteiger partial charge >= 0.3 is 0 Å². The van der Waals surface area contributed by atoms with Crippen LogP contribution in [0.2, 0.25) is 0 Å². The summed E-state index contributed by atoms with van der Waals surface area (Å²) in [6.07, 6.45) is 5.63. The number of fused-ring (bicyclic) bond motifs is 3.